The van der Waals surface area contributed by atoms with E-state index in [2.05, 4.69) is 5.32 Å². The summed E-state index contributed by atoms with van der Waals surface area (Å²) >= 11 is 5.86. The van der Waals surface area contributed by atoms with E-state index in [1.165, 1.54) is 0 Å². The zero-order valence-electron chi connectivity index (χ0n) is 10.2. The summed E-state index contributed by atoms with van der Waals surface area (Å²) < 4.78 is 0. The fraction of sp³-hybridized carbons (Fsp3) is 0.231. The fourth-order valence-electron chi connectivity index (χ4n) is 1.85. The molecule has 0 radical (unpaired) electrons. The Kier molecular flexibility index (Phi) is 3.39. The Balaban J connectivity index is 2.52. The van der Waals surface area contributed by atoms with Crippen LogP contribution in [0.2, 0.25) is 5.02 Å². The molecule has 1 aliphatic heterocycles. The number of halogens is 1. The van der Waals surface area contributed by atoms with Crippen LogP contribution in [0.4, 0.5) is 5.69 Å². The minimum absolute atomic E-state index is 0.0727. The molecule has 1 N–H and O–H groups in total. The lowest BCUT2D eigenvalue weighted by Crippen LogP contribution is -2.12. The molecular formula is C13H13ClN2O2. The van der Waals surface area contributed by atoms with Crippen LogP contribution < -0.4 is 5.32 Å². The summed E-state index contributed by atoms with van der Waals surface area (Å²) in [5.41, 5.74) is 1.41. The van der Waals surface area contributed by atoms with Gasteiger partial charge < -0.3 is 10.2 Å². The van der Waals surface area contributed by atoms with Crippen LogP contribution in [0.25, 0.3) is 0 Å². The summed E-state index contributed by atoms with van der Waals surface area (Å²) in [5, 5.41) is 3.18. The first kappa shape index (κ1) is 12.6. The largest absolute Gasteiger partial charge is 0.383 e. The second-order valence-corrected chi connectivity index (χ2v) is 4.80. The standard InChI is InChI=1S/C13H13ClN2O2/c1-16(2)7-8-5-12(17)15-11-6-9(14)3-4-10(11)13(8)18/h3-4,6-7H,5H2,1-2H3,(H,15,17)/b8-7-. The first-order chi connectivity index (χ1) is 8.47. The molecule has 1 aliphatic rings. The lowest BCUT2D eigenvalue weighted by atomic mass is 10.0. The van der Waals surface area contributed by atoms with E-state index in [0.29, 0.717) is 21.8 Å². The maximum Gasteiger partial charge on any atom is 0.229 e. The van der Waals surface area contributed by atoms with Crippen molar-refractivity contribution in [3.8, 4) is 0 Å². The van der Waals surface area contributed by atoms with Gasteiger partial charge in [-0.25, -0.2) is 0 Å². The lowest BCUT2D eigenvalue weighted by molar-refractivity contribution is -0.115. The average molecular weight is 265 g/mol. The number of nitrogens with one attached hydrogen (secondary N) is 1. The lowest BCUT2D eigenvalue weighted by Gasteiger charge is -2.08. The maximum absolute atomic E-state index is 12.3. The molecule has 5 heteroatoms. The molecule has 4 nitrogen and oxygen atoms in total. The van der Waals surface area contributed by atoms with Crippen LogP contribution in [0, 0.1) is 0 Å². The Morgan fingerprint density at radius 2 is 2.06 bits per heavy atom. The number of rotatable bonds is 1. The molecule has 18 heavy (non-hydrogen) atoms. The molecular weight excluding hydrogens is 252 g/mol. The fourth-order valence-corrected chi connectivity index (χ4v) is 2.03. The van der Waals surface area contributed by atoms with Gasteiger partial charge in [0, 0.05) is 36.5 Å². The maximum atomic E-state index is 12.3. The molecule has 0 bridgehead atoms. The van der Waals surface area contributed by atoms with E-state index in [9.17, 15) is 9.59 Å². The molecule has 0 atom stereocenters. The third-order valence-corrected chi connectivity index (χ3v) is 2.79. The number of Topliss-reactive ketones (excluding diaryl/α,β-unsaturated/α-hetero) is 1. The van der Waals surface area contributed by atoms with Gasteiger partial charge in [-0.05, 0) is 18.2 Å². The molecule has 1 aromatic carbocycles. The number of hydrogen-bond acceptors (Lipinski definition) is 3. The molecule has 0 saturated carbocycles. The minimum Gasteiger partial charge on any atom is -0.383 e. The van der Waals surface area contributed by atoms with Crippen molar-refractivity contribution in [3.63, 3.8) is 0 Å². The molecule has 0 spiro atoms. The number of nitrogens with zero attached hydrogens (tertiary/aromatic N) is 1. The van der Waals surface area contributed by atoms with Gasteiger partial charge in [-0.2, -0.15) is 0 Å². The van der Waals surface area contributed by atoms with Crippen molar-refractivity contribution in [1.29, 1.82) is 0 Å². The highest BCUT2D eigenvalue weighted by Gasteiger charge is 2.24. The summed E-state index contributed by atoms with van der Waals surface area (Å²) in [4.78, 5) is 25.8. The van der Waals surface area contributed by atoms with Crippen molar-refractivity contribution in [2.45, 2.75) is 6.42 Å². The number of benzene rings is 1. The minimum atomic E-state index is -0.211. The van der Waals surface area contributed by atoms with Crippen molar-refractivity contribution >= 4 is 29.0 Å². The highest BCUT2D eigenvalue weighted by atomic mass is 35.5. The highest BCUT2D eigenvalue weighted by molar-refractivity contribution is 6.31. The number of ketones is 1. The van der Waals surface area contributed by atoms with Crippen molar-refractivity contribution in [1.82, 2.24) is 4.90 Å². The Morgan fingerprint density at radius 1 is 1.33 bits per heavy atom. The Bertz CT molecular complexity index is 550. The van der Waals surface area contributed by atoms with Crippen molar-refractivity contribution in [2.24, 2.45) is 0 Å². The van der Waals surface area contributed by atoms with Gasteiger partial charge in [0.05, 0.1) is 12.1 Å². The smallest absolute Gasteiger partial charge is 0.229 e. The van der Waals surface area contributed by atoms with E-state index in [1.807, 2.05) is 14.1 Å². The predicted octanol–water partition coefficient (Wildman–Crippen LogP) is 2.31. The topological polar surface area (TPSA) is 49.4 Å². The summed E-state index contributed by atoms with van der Waals surface area (Å²) in [6, 6.07) is 4.86. The normalized spacial score (nSPS) is 17.2. The van der Waals surface area contributed by atoms with Gasteiger partial charge in [-0.15, -0.1) is 0 Å². The number of fused-ring (bicyclic) bond motifs is 1. The van der Waals surface area contributed by atoms with Crippen LogP contribution in [0.15, 0.2) is 30.0 Å². The number of amides is 1. The van der Waals surface area contributed by atoms with E-state index in [4.69, 9.17) is 11.6 Å². The number of hydrogen-bond donors (Lipinski definition) is 1. The molecule has 1 aromatic rings. The molecule has 0 aromatic heterocycles. The highest BCUT2D eigenvalue weighted by Crippen LogP contribution is 2.27. The summed E-state index contributed by atoms with van der Waals surface area (Å²) in [6.45, 7) is 0. The first-order valence-electron chi connectivity index (χ1n) is 5.48. The first-order valence-corrected chi connectivity index (χ1v) is 5.86. The molecule has 1 amide bonds. The van der Waals surface area contributed by atoms with Crippen LogP contribution in [0.1, 0.15) is 16.8 Å². The zero-order chi connectivity index (χ0) is 13.3. The third-order valence-electron chi connectivity index (χ3n) is 2.56. The van der Waals surface area contributed by atoms with Crippen LogP contribution in [-0.2, 0) is 4.79 Å². The van der Waals surface area contributed by atoms with Gasteiger partial charge in [0.25, 0.3) is 0 Å². The van der Waals surface area contributed by atoms with Crippen molar-refractivity contribution in [2.75, 3.05) is 19.4 Å². The Hall–Kier alpha value is -1.81. The number of anilines is 1. The quantitative estimate of drug-likeness (QED) is 0.792. The van der Waals surface area contributed by atoms with Gasteiger partial charge in [-0.1, -0.05) is 11.6 Å². The SMILES string of the molecule is CN(C)/C=C1/CC(=O)Nc2cc(Cl)ccc2C1=O. The van der Waals surface area contributed by atoms with Gasteiger partial charge in [0.2, 0.25) is 5.91 Å². The molecule has 0 fully saturated rings. The zero-order valence-corrected chi connectivity index (χ0v) is 10.9. The van der Waals surface area contributed by atoms with Gasteiger partial charge in [0.1, 0.15) is 0 Å². The van der Waals surface area contributed by atoms with Crippen LogP contribution >= 0.6 is 11.6 Å². The molecule has 0 unspecified atom stereocenters. The monoisotopic (exact) mass is 264 g/mol. The molecule has 2 rings (SSSR count). The van der Waals surface area contributed by atoms with E-state index in [1.54, 1.807) is 29.3 Å². The van der Waals surface area contributed by atoms with E-state index < -0.39 is 0 Å². The summed E-state index contributed by atoms with van der Waals surface area (Å²) in [6.07, 6.45) is 1.74. The Labute approximate surface area is 110 Å². The third kappa shape index (κ3) is 2.54. The van der Waals surface area contributed by atoms with Crippen LogP contribution in [0.3, 0.4) is 0 Å². The molecule has 94 valence electrons. The molecule has 0 saturated heterocycles. The Morgan fingerprint density at radius 3 is 2.72 bits per heavy atom. The average Bonchev–Trinajstić information content (AvgIpc) is 2.36. The van der Waals surface area contributed by atoms with Crippen molar-refractivity contribution < 1.29 is 9.59 Å². The summed E-state index contributed by atoms with van der Waals surface area (Å²) in [7, 11) is 3.62. The van der Waals surface area contributed by atoms with Crippen LogP contribution in [0.5, 0.6) is 0 Å². The number of carbonyl (C=O) groups excluding carboxylic acids is 2. The molecule has 0 aliphatic carbocycles. The van der Waals surface area contributed by atoms with E-state index in [0.717, 1.165) is 0 Å². The second-order valence-electron chi connectivity index (χ2n) is 4.36. The number of carbonyl (C=O) groups is 2. The summed E-state index contributed by atoms with van der Waals surface area (Å²) in [5.74, 6) is -0.355. The van der Waals surface area contributed by atoms with E-state index in [-0.39, 0.29) is 18.1 Å². The van der Waals surface area contributed by atoms with Crippen molar-refractivity contribution in [3.05, 3.63) is 40.6 Å². The van der Waals surface area contributed by atoms with Crippen LogP contribution in [-0.4, -0.2) is 30.7 Å². The van der Waals surface area contributed by atoms with E-state index >= 15 is 0 Å². The van der Waals surface area contributed by atoms with Gasteiger partial charge in [-0.3, -0.25) is 9.59 Å². The van der Waals surface area contributed by atoms with Gasteiger partial charge >= 0.3 is 0 Å². The second kappa shape index (κ2) is 4.82. The van der Waals surface area contributed by atoms with Gasteiger partial charge in [0.15, 0.2) is 5.78 Å². The predicted molar refractivity (Wildman–Crippen MR) is 70.8 cm³/mol. The molecule has 1 heterocycles.